The van der Waals surface area contributed by atoms with Crippen LogP contribution in [0, 0.1) is 16.0 Å². The van der Waals surface area contributed by atoms with Gasteiger partial charge < -0.3 is 10.2 Å². The molecule has 0 atom stereocenters. The van der Waals surface area contributed by atoms with Gasteiger partial charge in [-0.25, -0.2) is 0 Å². The van der Waals surface area contributed by atoms with E-state index in [1.54, 1.807) is 0 Å². The fraction of sp³-hybridized carbons (Fsp3) is 0.316. The van der Waals surface area contributed by atoms with Gasteiger partial charge in [-0.1, -0.05) is 30.7 Å². The molecule has 0 aromatic heterocycles. The summed E-state index contributed by atoms with van der Waals surface area (Å²) in [5.74, 6) is 0.310. The zero-order valence-corrected chi connectivity index (χ0v) is 15.2. The van der Waals surface area contributed by atoms with Crippen molar-refractivity contribution in [1.29, 1.82) is 0 Å². The van der Waals surface area contributed by atoms with Crippen LogP contribution in [0.1, 0.15) is 30.1 Å². The minimum Gasteiger partial charge on any atom is -0.370 e. The number of nitrogens with one attached hydrogen (secondary N) is 1. The Bertz CT molecular complexity index is 833. The molecule has 3 rings (SSSR count). The number of nitro groups is 1. The fourth-order valence-electron chi connectivity index (χ4n) is 3.09. The normalized spacial score (nSPS) is 14.9. The summed E-state index contributed by atoms with van der Waals surface area (Å²) >= 11 is 5.81. The average Bonchev–Trinajstić information content (AvgIpc) is 2.63. The minimum atomic E-state index is -0.595. The summed E-state index contributed by atoms with van der Waals surface area (Å²) in [5.41, 5.74) is 1.58. The van der Waals surface area contributed by atoms with E-state index in [9.17, 15) is 14.9 Å². The Morgan fingerprint density at radius 3 is 2.62 bits per heavy atom. The first kappa shape index (κ1) is 18.2. The van der Waals surface area contributed by atoms with E-state index in [4.69, 9.17) is 11.6 Å². The van der Waals surface area contributed by atoms with Crippen molar-refractivity contribution < 1.29 is 9.72 Å². The lowest BCUT2D eigenvalue weighted by Gasteiger charge is -2.33. The Morgan fingerprint density at radius 1 is 1.23 bits per heavy atom. The van der Waals surface area contributed by atoms with Crippen LogP contribution < -0.4 is 10.2 Å². The molecule has 26 heavy (non-hydrogen) atoms. The Morgan fingerprint density at radius 2 is 1.92 bits per heavy atom. The highest BCUT2D eigenvalue weighted by Crippen LogP contribution is 2.31. The van der Waals surface area contributed by atoms with Gasteiger partial charge in [0.25, 0.3) is 11.6 Å². The first-order valence-electron chi connectivity index (χ1n) is 8.55. The molecule has 0 unspecified atom stereocenters. The number of amides is 1. The number of hydrogen-bond donors (Lipinski definition) is 1. The minimum absolute atomic E-state index is 0.00869. The maximum Gasteiger partial charge on any atom is 0.288 e. The van der Waals surface area contributed by atoms with Crippen LogP contribution in [0.2, 0.25) is 5.02 Å². The van der Waals surface area contributed by atoms with Crippen LogP contribution >= 0.6 is 11.6 Å². The molecule has 1 aliphatic rings. The van der Waals surface area contributed by atoms with Crippen LogP contribution in [-0.4, -0.2) is 23.9 Å². The van der Waals surface area contributed by atoms with Gasteiger partial charge in [0.2, 0.25) is 0 Å². The van der Waals surface area contributed by atoms with Gasteiger partial charge in [-0.05, 0) is 43.0 Å². The smallest absolute Gasteiger partial charge is 0.288 e. The maximum atomic E-state index is 12.6. The summed E-state index contributed by atoms with van der Waals surface area (Å²) in [6, 6.07) is 11.7. The van der Waals surface area contributed by atoms with Gasteiger partial charge in [-0.2, -0.15) is 0 Å². The number of piperidine rings is 1. The highest BCUT2D eigenvalue weighted by Gasteiger charge is 2.20. The van der Waals surface area contributed by atoms with E-state index in [1.165, 1.54) is 18.2 Å². The number of carbonyl (C=O) groups excluding carboxylic acids is 1. The Labute approximate surface area is 156 Å². The monoisotopic (exact) mass is 373 g/mol. The molecule has 136 valence electrons. The first-order chi connectivity index (χ1) is 12.5. The molecule has 0 spiro atoms. The SMILES string of the molecule is CC1CCN(c2ccccc2NC(=O)c2ccc(Cl)c([N+](=O)[O-])c2)CC1. The van der Waals surface area contributed by atoms with Crippen LogP contribution in [-0.2, 0) is 0 Å². The molecule has 2 aromatic carbocycles. The van der Waals surface area contributed by atoms with Crippen molar-refractivity contribution in [2.24, 2.45) is 5.92 Å². The van der Waals surface area contributed by atoms with Gasteiger partial charge in [-0.15, -0.1) is 0 Å². The Balaban J connectivity index is 1.82. The highest BCUT2D eigenvalue weighted by molar-refractivity contribution is 6.32. The second-order valence-electron chi connectivity index (χ2n) is 6.56. The number of hydrogen-bond acceptors (Lipinski definition) is 4. The lowest BCUT2D eigenvalue weighted by molar-refractivity contribution is -0.384. The number of anilines is 2. The van der Waals surface area contributed by atoms with Crippen molar-refractivity contribution in [3.05, 3.63) is 63.2 Å². The lowest BCUT2D eigenvalue weighted by Crippen LogP contribution is -2.33. The molecule has 1 fully saturated rings. The van der Waals surface area contributed by atoms with E-state index in [0.717, 1.165) is 31.6 Å². The zero-order valence-electron chi connectivity index (χ0n) is 14.4. The van der Waals surface area contributed by atoms with E-state index >= 15 is 0 Å². The summed E-state index contributed by atoms with van der Waals surface area (Å²) in [6.45, 7) is 4.14. The molecule has 0 saturated carbocycles. The standard InChI is InChI=1S/C19H20ClN3O3/c1-13-8-10-22(11-9-13)17-5-3-2-4-16(17)21-19(24)14-6-7-15(20)18(12-14)23(25)26/h2-7,12-13H,8-11H2,1H3,(H,21,24). The van der Waals surface area contributed by atoms with Crippen molar-refractivity contribution >= 4 is 34.6 Å². The molecule has 0 aliphatic carbocycles. The van der Waals surface area contributed by atoms with Crippen LogP contribution in [0.4, 0.5) is 17.1 Å². The summed E-state index contributed by atoms with van der Waals surface area (Å²) in [7, 11) is 0. The Hall–Kier alpha value is -2.60. The number of halogens is 1. The second-order valence-corrected chi connectivity index (χ2v) is 6.97. The molecule has 1 amide bonds. The van der Waals surface area contributed by atoms with E-state index in [2.05, 4.69) is 17.1 Å². The van der Waals surface area contributed by atoms with Gasteiger partial charge in [-0.3, -0.25) is 14.9 Å². The highest BCUT2D eigenvalue weighted by atomic mass is 35.5. The van der Waals surface area contributed by atoms with Gasteiger partial charge in [0, 0.05) is 24.7 Å². The molecular formula is C19H20ClN3O3. The number of benzene rings is 2. The maximum absolute atomic E-state index is 12.6. The summed E-state index contributed by atoms with van der Waals surface area (Å²) in [4.78, 5) is 25.3. The van der Waals surface area contributed by atoms with Crippen molar-refractivity contribution in [3.63, 3.8) is 0 Å². The van der Waals surface area contributed by atoms with E-state index in [0.29, 0.717) is 11.6 Å². The third-order valence-electron chi connectivity index (χ3n) is 4.68. The molecular weight excluding hydrogens is 354 g/mol. The van der Waals surface area contributed by atoms with Gasteiger partial charge in [0.15, 0.2) is 0 Å². The number of carbonyl (C=O) groups is 1. The van der Waals surface area contributed by atoms with E-state index in [1.807, 2.05) is 24.3 Å². The van der Waals surface area contributed by atoms with Crippen LogP contribution in [0.3, 0.4) is 0 Å². The number of rotatable bonds is 4. The molecule has 7 heteroatoms. The molecule has 1 aliphatic heterocycles. The van der Waals surface area contributed by atoms with Crippen LogP contribution in [0.25, 0.3) is 0 Å². The van der Waals surface area contributed by atoms with Crippen molar-refractivity contribution in [2.75, 3.05) is 23.3 Å². The van der Waals surface area contributed by atoms with Gasteiger partial charge in [0.1, 0.15) is 5.02 Å². The first-order valence-corrected chi connectivity index (χ1v) is 8.93. The van der Waals surface area contributed by atoms with Gasteiger partial charge >= 0.3 is 0 Å². The molecule has 1 N–H and O–H groups in total. The summed E-state index contributed by atoms with van der Waals surface area (Å²) < 4.78 is 0. The van der Waals surface area contributed by atoms with Crippen molar-refractivity contribution in [3.8, 4) is 0 Å². The number of nitro benzene ring substituents is 1. The van der Waals surface area contributed by atoms with E-state index in [-0.39, 0.29) is 16.3 Å². The predicted octanol–water partition coefficient (Wildman–Crippen LogP) is 4.74. The lowest BCUT2D eigenvalue weighted by atomic mass is 9.98. The molecule has 6 nitrogen and oxygen atoms in total. The third-order valence-corrected chi connectivity index (χ3v) is 5.00. The average molecular weight is 374 g/mol. The summed E-state index contributed by atoms with van der Waals surface area (Å²) in [5, 5.41) is 13.9. The summed E-state index contributed by atoms with van der Waals surface area (Å²) in [6.07, 6.45) is 2.23. The largest absolute Gasteiger partial charge is 0.370 e. The fourth-order valence-corrected chi connectivity index (χ4v) is 3.28. The predicted molar refractivity (Wildman–Crippen MR) is 103 cm³/mol. The number of nitrogens with zero attached hydrogens (tertiary/aromatic N) is 2. The van der Waals surface area contributed by atoms with E-state index < -0.39 is 10.8 Å². The van der Waals surface area contributed by atoms with Crippen molar-refractivity contribution in [1.82, 2.24) is 0 Å². The molecule has 2 aromatic rings. The van der Waals surface area contributed by atoms with Crippen LogP contribution in [0.15, 0.2) is 42.5 Å². The van der Waals surface area contributed by atoms with Crippen molar-refractivity contribution in [2.45, 2.75) is 19.8 Å². The quantitative estimate of drug-likeness (QED) is 0.620. The zero-order chi connectivity index (χ0) is 18.7. The molecule has 0 radical (unpaired) electrons. The molecule has 1 saturated heterocycles. The molecule has 0 bridgehead atoms. The second kappa shape index (κ2) is 7.74. The van der Waals surface area contributed by atoms with Crippen LogP contribution in [0.5, 0.6) is 0 Å². The molecule has 1 heterocycles. The number of para-hydroxylation sites is 2. The Kier molecular flexibility index (Phi) is 5.42. The third kappa shape index (κ3) is 3.96. The van der Waals surface area contributed by atoms with Gasteiger partial charge in [0.05, 0.1) is 16.3 Å². The topological polar surface area (TPSA) is 75.5 Å².